The number of carboxylic acid groups (broad SMARTS) is 1. The first-order chi connectivity index (χ1) is 10.9. The van der Waals surface area contributed by atoms with Gasteiger partial charge in [0.2, 0.25) is 0 Å². The zero-order chi connectivity index (χ0) is 16.7. The van der Waals surface area contributed by atoms with Gasteiger partial charge >= 0.3 is 5.97 Å². The van der Waals surface area contributed by atoms with Crippen molar-refractivity contribution in [2.45, 2.75) is 25.9 Å². The molecule has 2 fully saturated rings. The molecule has 0 heterocycles. The average molecular weight is 541 g/mol. The van der Waals surface area contributed by atoms with Crippen molar-refractivity contribution >= 4 is 57.1 Å². The topological polar surface area (TPSA) is 86.7 Å². The highest BCUT2D eigenvalue weighted by atomic mass is 127. The highest BCUT2D eigenvalue weighted by Gasteiger charge is 2.52. The molecule has 1 aromatic rings. The van der Waals surface area contributed by atoms with Crippen molar-refractivity contribution in [2.75, 3.05) is 0 Å². The maximum atomic E-state index is 12.4. The third-order valence-corrected chi connectivity index (χ3v) is 6.56. The number of carbonyl (C=O) groups is 2. The van der Waals surface area contributed by atoms with Crippen molar-refractivity contribution in [2.24, 2.45) is 23.7 Å². The molecule has 0 aromatic heterocycles. The van der Waals surface area contributed by atoms with Crippen LogP contribution in [-0.2, 0) is 20.9 Å². The normalized spacial score (nSPS) is 28.8. The Balaban J connectivity index is 1.69. The van der Waals surface area contributed by atoms with Crippen LogP contribution in [0.15, 0.2) is 12.1 Å². The molecule has 0 radical (unpaired) electrons. The maximum absolute atomic E-state index is 12.4. The molecule has 3 rings (SSSR count). The molecule has 0 amide bonds. The number of halogens is 2. The van der Waals surface area contributed by atoms with Crippen LogP contribution in [0.4, 0.5) is 0 Å². The van der Waals surface area contributed by atoms with E-state index in [0.29, 0.717) is 7.14 Å². The van der Waals surface area contributed by atoms with E-state index in [4.69, 9.17) is 4.74 Å². The van der Waals surface area contributed by atoms with Crippen molar-refractivity contribution in [1.82, 2.24) is 0 Å². The van der Waals surface area contributed by atoms with E-state index in [2.05, 4.69) is 0 Å². The summed E-state index contributed by atoms with van der Waals surface area (Å²) in [6.45, 7) is 0.0821. The second-order valence-corrected chi connectivity index (χ2v) is 8.54. The van der Waals surface area contributed by atoms with Gasteiger partial charge in [0.25, 0.3) is 0 Å². The molecule has 1 N–H and O–H groups in total. The summed E-state index contributed by atoms with van der Waals surface area (Å²) in [7, 11) is 0. The molecule has 2 bridgehead atoms. The lowest BCUT2D eigenvalue weighted by Crippen LogP contribution is -2.42. The summed E-state index contributed by atoms with van der Waals surface area (Å²) >= 11 is 4.03. The van der Waals surface area contributed by atoms with Crippen LogP contribution in [0.25, 0.3) is 0 Å². The van der Waals surface area contributed by atoms with Gasteiger partial charge in [0.15, 0.2) is 0 Å². The number of carboxylic acids is 1. The van der Waals surface area contributed by atoms with Gasteiger partial charge in [0.1, 0.15) is 12.4 Å². The van der Waals surface area contributed by atoms with Crippen LogP contribution in [0, 0.1) is 30.8 Å². The Morgan fingerprint density at radius 2 is 1.74 bits per heavy atom. The fraction of sp³-hybridized carbons (Fsp3) is 0.500. The molecule has 4 atom stereocenters. The molecule has 7 heteroatoms. The largest absolute Gasteiger partial charge is 0.550 e. The van der Waals surface area contributed by atoms with Gasteiger partial charge in [0.05, 0.1) is 13.1 Å². The Labute approximate surface area is 161 Å². The number of fused-ring (bicyclic) bond motifs is 2. The molecular formula is C16H15I2O5-. The minimum Gasteiger partial charge on any atom is -0.550 e. The standard InChI is InChI=1S/C16H16I2O5/c17-10-3-7(4-11(18)14(10)19)6-23-16(22)13-9-2-1-8(5-9)12(13)15(20)21/h3-4,8-9,12-13,19H,1-2,5-6H2,(H,20,21)/p-1. The van der Waals surface area contributed by atoms with E-state index in [1.807, 2.05) is 45.2 Å². The summed E-state index contributed by atoms with van der Waals surface area (Å²) < 4.78 is 6.75. The van der Waals surface area contributed by atoms with Crippen LogP contribution in [0.3, 0.4) is 0 Å². The highest BCUT2D eigenvalue weighted by molar-refractivity contribution is 14.1. The van der Waals surface area contributed by atoms with Crippen molar-refractivity contribution in [3.63, 3.8) is 0 Å². The monoisotopic (exact) mass is 541 g/mol. The molecule has 0 spiro atoms. The van der Waals surface area contributed by atoms with E-state index < -0.39 is 23.8 Å². The van der Waals surface area contributed by atoms with Crippen molar-refractivity contribution in [1.29, 1.82) is 0 Å². The Hall–Kier alpha value is -0.580. The molecule has 0 saturated heterocycles. The molecular weight excluding hydrogens is 526 g/mol. The van der Waals surface area contributed by atoms with Crippen molar-refractivity contribution < 1.29 is 24.5 Å². The summed E-state index contributed by atoms with van der Waals surface area (Å²) in [6, 6.07) is 3.50. The third kappa shape index (κ3) is 3.31. The van der Waals surface area contributed by atoms with E-state index >= 15 is 0 Å². The molecule has 1 aromatic carbocycles. The van der Waals surface area contributed by atoms with Gasteiger partial charge in [0, 0.05) is 11.9 Å². The average Bonchev–Trinajstić information content (AvgIpc) is 3.10. The molecule has 5 nitrogen and oxygen atoms in total. The van der Waals surface area contributed by atoms with Gasteiger partial charge in [-0.15, -0.1) is 0 Å². The van der Waals surface area contributed by atoms with E-state index in [1.165, 1.54) is 0 Å². The highest BCUT2D eigenvalue weighted by Crippen LogP contribution is 2.52. The van der Waals surface area contributed by atoms with E-state index in [1.54, 1.807) is 12.1 Å². The predicted octanol–water partition coefficient (Wildman–Crippen LogP) is 2.06. The number of phenols is 1. The summed E-state index contributed by atoms with van der Waals surface area (Å²) in [5.74, 6) is -2.48. The lowest BCUT2D eigenvalue weighted by molar-refractivity contribution is -0.315. The number of esters is 1. The minimum atomic E-state index is -1.13. The maximum Gasteiger partial charge on any atom is 0.310 e. The van der Waals surface area contributed by atoms with Gasteiger partial charge in [-0.25, -0.2) is 0 Å². The van der Waals surface area contributed by atoms with Crippen LogP contribution in [0.5, 0.6) is 5.75 Å². The van der Waals surface area contributed by atoms with E-state index in [-0.39, 0.29) is 24.2 Å². The third-order valence-electron chi connectivity index (χ3n) is 4.92. The number of hydrogen-bond donors (Lipinski definition) is 1. The second kappa shape index (κ2) is 6.73. The Kier molecular flexibility index (Phi) is 5.05. The summed E-state index contributed by atoms with van der Waals surface area (Å²) in [6.07, 6.45) is 2.54. The number of aliphatic carboxylic acids is 1. The first-order valence-electron chi connectivity index (χ1n) is 7.43. The number of carbonyl (C=O) groups excluding carboxylic acids is 2. The predicted molar refractivity (Wildman–Crippen MR) is 96.2 cm³/mol. The lowest BCUT2D eigenvalue weighted by Gasteiger charge is -2.30. The smallest absolute Gasteiger partial charge is 0.310 e. The van der Waals surface area contributed by atoms with Crippen molar-refractivity contribution in [3.05, 3.63) is 24.8 Å². The van der Waals surface area contributed by atoms with Crippen LogP contribution >= 0.6 is 45.2 Å². The number of hydrogen-bond acceptors (Lipinski definition) is 5. The van der Waals surface area contributed by atoms with Gasteiger partial charge in [-0.2, -0.15) is 0 Å². The lowest BCUT2D eigenvalue weighted by atomic mass is 9.79. The van der Waals surface area contributed by atoms with Gasteiger partial charge < -0.3 is 19.7 Å². The first-order valence-corrected chi connectivity index (χ1v) is 9.58. The zero-order valence-corrected chi connectivity index (χ0v) is 16.4. The van der Waals surface area contributed by atoms with Crippen LogP contribution < -0.4 is 5.11 Å². The number of benzene rings is 1. The molecule has 2 aliphatic carbocycles. The van der Waals surface area contributed by atoms with Crippen LogP contribution in [0.2, 0.25) is 0 Å². The summed E-state index contributed by atoms with van der Waals surface area (Å²) in [5, 5.41) is 21.1. The van der Waals surface area contributed by atoms with Crippen LogP contribution in [0.1, 0.15) is 24.8 Å². The van der Waals surface area contributed by atoms with Crippen LogP contribution in [-0.4, -0.2) is 17.0 Å². The Bertz CT molecular complexity index is 637. The number of phenolic OH excluding ortho intramolecular Hbond substituents is 1. The molecule has 2 aliphatic rings. The van der Waals surface area contributed by atoms with Gasteiger partial charge in [-0.05, 0) is 94.0 Å². The quantitative estimate of drug-likeness (QED) is 0.467. The Morgan fingerprint density at radius 1 is 1.17 bits per heavy atom. The minimum absolute atomic E-state index is 0.0538. The van der Waals surface area contributed by atoms with Gasteiger partial charge in [-0.1, -0.05) is 0 Å². The number of ether oxygens (including phenoxy) is 1. The van der Waals surface area contributed by atoms with Gasteiger partial charge in [-0.3, -0.25) is 4.79 Å². The Morgan fingerprint density at radius 3 is 2.30 bits per heavy atom. The number of aromatic hydroxyl groups is 1. The summed E-state index contributed by atoms with van der Waals surface area (Å²) in [5.41, 5.74) is 0.776. The first kappa shape index (κ1) is 17.2. The molecule has 124 valence electrons. The fourth-order valence-corrected chi connectivity index (χ4v) is 5.82. The SMILES string of the molecule is O=C([O-])C1C2CCC(C2)C1C(=O)OCc1cc(I)c(O)c(I)c1. The van der Waals surface area contributed by atoms with E-state index in [0.717, 1.165) is 24.8 Å². The van der Waals surface area contributed by atoms with Crippen molar-refractivity contribution in [3.8, 4) is 5.75 Å². The van der Waals surface area contributed by atoms with E-state index in [9.17, 15) is 19.8 Å². The molecule has 23 heavy (non-hydrogen) atoms. The molecule has 0 aliphatic heterocycles. The molecule has 4 unspecified atom stereocenters. The fourth-order valence-electron chi connectivity index (χ4n) is 3.92. The molecule has 2 saturated carbocycles. The summed E-state index contributed by atoms with van der Waals surface area (Å²) in [4.78, 5) is 23.8. The number of rotatable bonds is 4. The second-order valence-electron chi connectivity index (χ2n) is 6.22. The zero-order valence-electron chi connectivity index (χ0n) is 12.1.